The lowest BCUT2D eigenvalue weighted by Gasteiger charge is -2.24. The van der Waals surface area contributed by atoms with Gasteiger partial charge < -0.3 is 10.4 Å². The minimum absolute atomic E-state index is 0.289. The molecule has 1 unspecified atom stereocenters. The summed E-state index contributed by atoms with van der Waals surface area (Å²) < 4.78 is 1.52. The molecule has 2 N–H and O–H groups in total. The van der Waals surface area contributed by atoms with Gasteiger partial charge in [0.2, 0.25) is 0 Å². The number of aromatic nitrogens is 3. The molecule has 0 spiro atoms. The van der Waals surface area contributed by atoms with E-state index in [1.54, 1.807) is 31.2 Å². The summed E-state index contributed by atoms with van der Waals surface area (Å²) in [6, 6.07) is 6.73. The molecule has 1 aromatic carbocycles. The minimum Gasteiger partial charge on any atom is -0.480 e. The second-order valence-corrected chi connectivity index (χ2v) is 4.84. The molecule has 1 heterocycles. The molecule has 0 aliphatic heterocycles. The van der Waals surface area contributed by atoms with Crippen LogP contribution in [0.1, 0.15) is 30.6 Å². The van der Waals surface area contributed by atoms with Crippen molar-refractivity contribution in [3.63, 3.8) is 0 Å². The van der Waals surface area contributed by atoms with Gasteiger partial charge in [0.05, 0.1) is 5.69 Å². The SMILES string of the molecule is CCC(C)(NC(=O)c1cccc(-n2cncn2)c1)C(=O)O. The molecule has 1 aromatic heterocycles. The molecule has 0 aliphatic rings. The number of carboxylic acids is 1. The van der Waals surface area contributed by atoms with Gasteiger partial charge in [0.15, 0.2) is 0 Å². The Hall–Kier alpha value is -2.70. The predicted octanol–water partition coefficient (Wildman–Crippen LogP) is 1.25. The average molecular weight is 288 g/mol. The fraction of sp³-hybridized carbons (Fsp3) is 0.286. The lowest BCUT2D eigenvalue weighted by atomic mass is 9.98. The molecule has 2 rings (SSSR count). The number of amides is 1. The number of carbonyl (C=O) groups excluding carboxylic acids is 1. The van der Waals surface area contributed by atoms with Gasteiger partial charge >= 0.3 is 5.97 Å². The highest BCUT2D eigenvalue weighted by molar-refractivity contribution is 5.98. The Morgan fingerprint density at radius 1 is 1.43 bits per heavy atom. The van der Waals surface area contributed by atoms with Crippen molar-refractivity contribution in [3.8, 4) is 5.69 Å². The molecule has 7 nitrogen and oxygen atoms in total. The summed E-state index contributed by atoms with van der Waals surface area (Å²) in [4.78, 5) is 27.3. The van der Waals surface area contributed by atoms with E-state index in [9.17, 15) is 14.7 Å². The van der Waals surface area contributed by atoms with Crippen molar-refractivity contribution >= 4 is 11.9 Å². The number of hydrogen-bond acceptors (Lipinski definition) is 4. The zero-order valence-corrected chi connectivity index (χ0v) is 11.8. The van der Waals surface area contributed by atoms with E-state index in [0.717, 1.165) is 0 Å². The van der Waals surface area contributed by atoms with E-state index in [1.807, 2.05) is 0 Å². The van der Waals surface area contributed by atoms with Crippen molar-refractivity contribution < 1.29 is 14.7 Å². The molecule has 1 atom stereocenters. The topological polar surface area (TPSA) is 97.1 Å². The van der Waals surface area contributed by atoms with Gasteiger partial charge in [0.1, 0.15) is 18.2 Å². The predicted molar refractivity (Wildman–Crippen MR) is 75.2 cm³/mol. The summed E-state index contributed by atoms with van der Waals surface area (Å²) in [6.07, 6.45) is 3.20. The van der Waals surface area contributed by atoms with Crippen molar-refractivity contribution in [2.75, 3.05) is 0 Å². The summed E-state index contributed by atoms with van der Waals surface area (Å²) in [6.45, 7) is 3.19. The van der Waals surface area contributed by atoms with Gasteiger partial charge in [-0.2, -0.15) is 5.10 Å². The monoisotopic (exact) mass is 288 g/mol. The van der Waals surface area contributed by atoms with Crippen LogP contribution in [-0.2, 0) is 4.79 Å². The lowest BCUT2D eigenvalue weighted by Crippen LogP contribution is -2.51. The number of rotatable bonds is 5. The third-order valence-corrected chi connectivity index (χ3v) is 3.36. The average Bonchev–Trinajstić information content (AvgIpc) is 3.01. The number of carbonyl (C=O) groups is 2. The van der Waals surface area contributed by atoms with Crippen LogP contribution in [0.2, 0.25) is 0 Å². The molecule has 2 aromatic rings. The van der Waals surface area contributed by atoms with Crippen molar-refractivity contribution in [3.05, 3.63) is 42.5 Å². The summed E-state index contributed by atoms with van der Waals surface area (Å²) in [5.74, 6) is -1.51. The largest absolute Gasteiger partial charge is 0.480 e. The van der Waals surface area contributed by atoms with Crippen LogP contribution in [0.4, 0.5) is 0 Å². The Morgan fingerprint density at radius 3 is 2.76 bits per heavy atom. The zero-order chi connectivity index (χ0) is 15.5. The van der Waals surface area contributed by atoms with Gasteiger partial charge in [-0.25, -0.2) is 14.5 Å². The molecule has 0 bridgehead atoms. The summed E-state index contributed by atoms with van der Waals surface area (Å²) in [5.41, 5.74) is -0.252. The second kappa shape index (κ2) is 5.74. The maximum atomic E-state index is 12.2. The molecular formula is C14H16N4O3. The fourth-order valence-corrected chi connectivity index (χ4v) is 1.75. The number of benzene rings is 1. The van der Waals surface area contributed by atoms with Gasteiger partial charge in [0, 0.05) is 5.56 Å². The first-order valence-corrected chi connectivity index (χ1v) is 6.47. The molecule has 0 aliphatic carbocycles. The van der Waals surface area contributed by atoms with Gasteiger partial charge in [-0.1, -0.05) is 13.0 Å². The Labute approximate surface area is 121 Å². The van der Waals surface area contributed by atoms with Crippen LogP contribution in [-0.4, -0.2) is 37.3 Å². The van der Waals surface area contributed by atoms with Crippen molar-refractivity contribution in [1.29, 1.82) is 0 Å². The third kappa shape index (κ3) is 3.07. The lowest BCUT2D eigenvalue weighted by molar-refractivity contribution is -0.143. The van der Waals surface area contributed by atoms with E-state index in [2.05, 4.69) is 15.4 Å². The van der Waals surface area contributed by atoms with Crippen LogP contribution in [0, 0.1) is 0 Å². The van der Waals surface area contributed by atoms with Crippen LogP contribution in [0.25, 0.3) is 5.69 Å². The molecule has 0 saturated heterocycles. The third-order valence-electron chi connectivity index (χ3n) is 3.36. The molecule has 1 amide bonds. The van der Waals surface area contributed by atoms with Crippen LogP contribution < -0.4 is 5.32 Å². The zero-order valence-electron chi connectivity index (χ0n) is 11.8. The van der Waals surface area contributed by atoms with Crippen molar-refractivity contribution in [1.82, 2.24) is 20.1 Å². The quantitative estimate of drug-likeness (QED) is 0.863. The summed E-state index contributed by atoms with van der Waals surface area (Å²) in [5, 5.41) is 15.7. The highest BCUT2D eigenvalue weighted by Gasteiger charge is 2.33. The molecular weight excluding hydrogens is 272 g/mol. The van der Waals surface area contributed by atoms with E-state index in [1.165, 1.54) is 24.3 Å². The Kier molecular flexibility index (Phi) is 4.02. The number of carboxylic acid groups (broad SMARTS) is 1. The van der Waals surface area contributed by atoms with Crippen LogP contribution in [0.3, 0.4) is 0 Å². The summed E-state index contributed by atoms with van der Waals surface area (Å²) in [7, 11) is 0. The van der Waals surface area contributed by atoms with Crippen LogP contribution in [0.15, 0.2) is 36.9 Å². The number of aliphatic carboxylic acids is 1. The molecule has 0 fully saturated rings. The molecule has 0 saturated carbocycles. The van der Waals surface area contributed by atoms with Gasteiger partial charge in [0.25, 0.3) is 5.91 Å². The first-order valence-electron chi connectivity index (χ1n) is 6.47. The maximum Gasteiger partial charge on any atom is 0.329 e. The van der Waals surface area contributed by atoms with E-state index < -0.39 is 17.4 Å². The number of hydrogen-bond donors (Lipinski definition) is 2. The maximum absolute atomic E-state index is 12.2. The van der Waals surface area contributed by atoms with Crippen molar-refractivity contribution in [2.24, 2.45) is 0 Å². The van der Waals surface area contributed by atoms with Crippen LogP contribution >= 0.6 is 0 Å². The Balaban J connectivity index is 2.24. The minimum atomic E-state index is -1.29. The normalized spacial score (nSPS) is 13.4. The second-order valence-electron chi connectivity index (χ2n) is 4.84. The molecule has 7 heteroatoms. The number of nitrogens with zero attached hydrogens (tertiary/aromatic N) is 3. The molecule has 0 radical (unpaired) electrons. The standard InChI is InChI=1S/C14H16N4O3/c1-3-14(2,13(20)21)17-12(19)10-5-4-6-11(7-10)18-9-15-8-16-18/h4-9H,3H2,1-2H3,(H,17,19)(H,20,21). The van der Waals surface area contributed by atoms with Gasteiger partial charge in [-0.05, 0) is 31.5 Å². The molecule has 21 heavy (non-hydrogen) atoms. The van der Waals surface area contributed by atoms with E-state index >= 15 is 0 Å². The first kappa shape index (κ1) is 14.7. The van der Waals surface area contributed by atoms with Gasteiger partial charge in [-0.15, -0.1) is 0 Å². The van der Waals surface area contributed by atoms with E-state index in [0.29, 0.717) is 11.3 Å². The molecule has 110 valence electrons. The first-order chi connectivity index (χ1) is 9.96. The van der Waals surface area contributed by atoms with Gasteiger partial charge in [-0.3, -0.25) is 4.79 Å². The Bertz CT molecular complexity index is 654. The fourth-order valence-electron chi connectivity index (χ4n) is 1.75. The number of nitrogens with one attached hydrogen (secondary N) is 1. The smallest absolute Gasteiger partial charge is 0.329 e. The van der Waals surface area contributed by atoms with E-state index in [4.69, 9.17) is 0 Å². The highest BCUT2D eigenvalue weighted by Crippen LogP contribution is 2.13. The van der Waals surface area contributed by atoms with Crippen molar-refractivity contribution in [2.45, 2.75) is 25.8 Å². The summed E-state index contributed by atoms with van der Waals surface area (Å²) >= 11 is 0. The highest BCUT2D eigenvalue weighted by atomic mass is 16.4. The van der Waals surface area contributed by atoms with E-state index in [-0.39, 0.29) is 6.42 Å². The van der Waals surface area contributed by atoms with Crippen LogP contribution in [0.5, 0.6) is 0 Å². The Morgan fingerprint density at radius 2 is 2.19 bits per heavy atom.